The van der Waals surface area contributed by atoms with E-state index in [1.54, 1.807) is 18.6 Å². The lowest BCUT2D eigenvalue weighted by Crippen LogP contribution is -2.67. The molecule has 8 atom stereocenters. The number of fused-ring (bicyclic) bond motifs is 5. The van der Waals surface area contributed by atoms with Crippen LogP contribution in [0.2, 0.25) is 0 Å². The van der Waals surface area contributed by atoms with Gasteiger partial charge >= 0.3 is 17.9 Å². The van der Waals surface area contributed by atoms with Crippen LogP contribution in [0.3, 0.4) is 0 Å². The first-order valence-electron chi connectivity index (χ1n) is 13.5. The number of hydrogen-bond donors (Lipinski definition) is 0. The van der Waals surface area contributed by atoms with Gasteiger partial charge in [-0.15, -0.1) is 0 Å². The lowest BCUT2D eigenvalue weighted by molar-refractivity contribution is -0.230. The van der Waals surface area contributed by atoms with Gasteiger partial charge in [-0.1, -0.05) is 34.6 Å². The van der Waals surface area contributed by atoms with Crippen LogP contribution in [0.4, 0.5) is 0 Å². The molecule has 1 aromatic rings. The average Bonchev–Trinajstić information content (AvgIpc) is 3.32. The first kappa shape index (κ1) is 26.1. The zero-order valence-corrected chi connectivity index (χ0v) is 23.1. The third-order valence-electron chi connectivity index (χ3n) is 10.8. The van der Waals surface area contributed by atoms with Gasteiger partial charge in [0.2, 0.25) is 0 Å². The summed E-state index contributed by atoms with van der Waals surface area (Å²) in [6.07, 6.45) is 7.98. The van der Waals surface area contributed by atoms with Crippen LogP contribution in [-0.4, -0.2) is 30.1 Å². The quantitative estimate of drug-likeness (QED) is 0.366. The van der Waals surface area contributed by atoms with E-state index in [9.17, 15) is 14.4 Å². The summed E-state index contributed by atoms with van der Waals surface area (Å²) in [5, 5.41) is 0. The van der Waals surface area contributed by atoms with Gasteiger partial charge in [-0.25, -0.2) is 4.79 Å². The van der Waals surface area contributed by atoms with Crippen molar-refractivity contribution in [3.05, 3.63) is 35.8 Å². The van der Waals surface area contributed by atoms with Gasteiger partial charge in [0.1, 0.15) is 18.3 Å². The zero-order chi connectivity index (χ0) is 27.0. The molecule has 7 heteroatoms. The summed E-state index contributed by atoms with van der Waals surface area (Å²) < 4.78 is 23.3. The van der Waals surface area contributed by atoms with Crippen molar-refractivity contribution in [2.75, 3.05) is 0 Å². The Kier molecular flexibility index (Phi) is 5.96. The molecule has 1 aliphatic heterocycles. The maximum absolute atomic E-state index is 13.0. The summed E-state index contributed by atoms with van der Waals surface area (Å²) in [4.78, 5) is 37.4. The molecule has 3 saturated carbocycles. The van der Waals surface area contributed by atoms with Gasteiger partial charge in [0.25, 0.3) is 0 Å². The molecule has 0 unspecified atom stereocenters. The predicted octanol–water partition coefficient (Wildman–Crippen LogP) is 5.94. The Hall–Kier alpha value is -2.57. The SMILES string of the molecule is CC(=O)O[C@H]1CC[C@@]2(C)[C@H]3CC[C@@]4(C)C(=CC(=O)O[C@H]4c4ccoc4)[C@]3(C)[C@H](OC(C)=O)C[C@H]2C1(C)C. The van der Waals surface area contributed by atoms with Crippen LogP contribution in [0.15, 0.2) is 34.7 Å². The fourth-order valence-corrected chi connectivity index (χ4v) is 9.24. The van der Waals surface area contributed by atoms with E-state index >= 15 is 0 Å². The summed E-state index contributed by atoms with van der Waals surface area (Å²) in [7, 11) is 0. The standard InChI is InChI=1S/C30H40O7/c1-17(31)35-23-9-12-28(5)20-8-11-29(6)22(15-25(33)37-26(29)19-10-13-34-16-19)30(20,7)24(36-18(2)32)14-21(28)27(23,3)4/h10,13,15-16,20-21,23-24,26H,8-9,11-12,14H2,1-7H3/t20-,21+,23+,24-,26+,28+,29+,30-/m1/s1. The molecule has 5 rings (SSSR count). The topological polar surface area (TPSA) is 92.0 Å². The van der Waals surface area contributed by atoms with Crippen molar-refractivity contribution >= 4 is 17.9 Å². The number of ether oxygens (including phenoxy) is 3. The number of rotatable bonds is 3. The highest BCUT2D eigenvalue weighted by atomic mass is 16.6. The number of carbonyl (C=O) groups excluding carboxylic acids is 3. The molecule has 3 fully saturated rings. The van der Waals surface area contributed by atoms with E-state index in [4.69, 9.17) is 18.6 Å². The van der Waals surface area contributed by atoms with Crippen molar-refractivity contribution < 1.29 is 33.0 Å². The molecule has 0 bridgehead atoms. The Bertz CT molecular complexity index is 1130. The van der Waals surface area contributed by atoms with Crippen molar-refractivity contribution in [1.29, 1.82) is 0 Å². The molecule has 0 spiro atoms. The molecule has 0 N–H and O–H groups in total. The second-order valence-corrected chi connectivity index (χ2v) is 13.1. The highest BCUT2D eigenvalue weighted by molar-refractivity contribution is 5.85. The molecule has 0 radical (unpaired) electrons. The van der Waals surface area contributed by atoms with Crippen LogP contribution in [0.25, 0.3) is 0 Å². The summed E-state index contributed by atoms with van der Waals surface area (Å²) >= 11 is 0. The summed E-state index contributed by atoms with van der Waals surface area (Å²) in [5.41, 5.74) is 0.489. The normalized spacial score (nSPS) is 42.3. The third kappa shape index (κ3) is 3.70. The molecule has 202 valence electrons. The fraction of sp³-hybridized carbons (Fsp3) is 0.700. The van der Waals surface area contributed by atoms with Gasteiger partial charge in [-0.2, -0.15) is 0 Å². The molecular weight excluding hydrogens is 472 g/mol. The molecule has 0 aromatic carbocycles. The molecule has 37 heavy (non-hydrogen) atoms. The van der Waals surface area contributed by atoms with E-state index < -0.39 is 23.0 Å². The van der Waals surface area contributed by atoms with Crippen molar-refractivity contribution in [2.24, 2.45) is 33.5 Å². The Morgan fingerprint density at radius 1 is 0.946 bits per heavy atom. The Morgan fingerprint density at radius 2 is 1.62 bits per heavy atom. The maximum atomic E-state index is 13.0. The zero-order valence-electron chi connectivity index (χ0n) is 23.1. The minimum absolute atomic E-state index is 0.0831. The van der Waals surface area contributed by atoms with Crippen LogP contribution < -0.4 is 0 Å². The number of cyclic esters (lactones) is 1. The summed E-state index contributed by atoms with van der Waals surface area (Å²) in [5.74, 6) is -0.602. The Morgan fingerprint density at radius 3 is 2.24 bits per heavy atom. The van der Waals surface area contributed by atoms with Gasteiger partial charge in [0, 0.05) is 41.7 Å². The molecule has 7 nitrogen and oxygen atoms in total. The second-order valence-electron chi connectivity index (χ2n) is 13.1. The van der Waals surface area contributed by atoms with Crippen molar-refractivity contribution in [3.8, 4) is 0 Å². The highest BCUT2D eigenvalue weighted by Gasteiger charge is 2.70. The van der Waals surface area contributed by atoms with E-state index in [1.807, 2.05) is 6.07 Å². The largest absolute Gasteiger partial charge is 0.472 e. The lowest BCUT2D eigenvalue weighted by atomic mass is 9.36. The molecule has 4 aliphatic rings. The minimum Gasteiger partial charge on any atom is -0.472 e. The average molecular weight is 513 g/mol. The molecule has 0 saturated heterocycles. The van der Waals surface area contributed by atoms with Gasteiger partial charge in [-0.05, 0) is 61.0 Å². The van der Waals surface area contributed by atoms with Crippen molar-refractivity contribution in [3.63, 3.8) is 0 Å². The van der Waals surface area contributed by atoms with E-state index in [2.05, 4.69) is 34.6 Å². The van der Waals surface area contributed by atoms with Crippen molar-refractivity contribution in [2.45, 2.75) is 98.9 Å². The fourth-order valence-electron chi connectivity index (χ4n) is 9.24. The molecule has 0 amide bonds. The van der Waals surface area contributed by atoms with E-state index in [1.165, 1.54) is 13.8 Å². The summed E-state index contributed by atoms with van der Waals surface area (Å²) in [6.45, 7) is 14.0. The molecular formula is C30H40O7. The first-order chi connectivity index (χ1) is 17.2. The van der Waals surface area contributed by atoms with Crippen LogP contribution >= 0.6 is 0 Å². The van der Waals surface area contributed by atoms with E-state index in [0.717, 1.165) is 36.8 Å². The first-order valence-corrected chi connectivity index (χ1v) is 13.5. The van der Waals surface area contributed by atoms with Crippen molar-refractivity contribution in [1.82, 2.24) is 0 Å². The second kappa shape index (κ2) is 8.47. The summed E-state index contributed by atoms with van der Waals surface area (Å²) in [6, 6.07) is 1.86. The maximum Gasteiger partial charge on any atom is 0.331 e. The van der Waals surface area contributed by atoms with Crippen LogP contribution in [-0.2, 0) is 28.6 Å². The number of furan rings is 1. The monoisotopic (exact) mass is 512 g/mol. The number of carbonyl (C=O) groups is 3. The van der Waals surface area contributed by atoms with E-state index in [0.29, 0.717) is 6.42 Å². The predicted molar refractivity (Wildman–Crippen MR) is 135 cm³/mol. The lowest BCUT2D eigenvalue weighted by Gasteiger charge is -2.69. The highest BCUT2D eigenvalue weighted by Crippen LogP contribution is 2.73. The van der Waals surface area contributed by atoms with Gasteiger partial charge in [0.15, 0.2) is 0 Å². The third-order valence-corrected chi connectivity index (χ3v) is 10.8. The van der Waals surface area contributed by atoms with Crippen LogP contribution in [0.1, 0.15) is 92.2 Å². The molecule has 3 aliphatic carbocycles. The molecule has 1 aromatic heterocycles. The van der Waals surface area contributed by atoms with Gasteiger partial charge in [-0.3, -0.25) is 9.59 Å². The number of esters is 3. The van der Waals surface area contributed by atoms with Crippen LogP contribution in [0.5, 0.6) is 0 Å². The van der Waals surface area contributed by atoms with E-state index in [-0.39, 0.29) is 46.7 Å². The molecule has 2 heterocycles. The Balaban J connectivity index is 1.63. The van der Waals surface area contributed by atoms with Gasteiger partial charge in [0.05, 0.1) is 12.5 Å². The minimum atomic E-state index is -0.546. The van der Waals surface area contributed by atoms with Crippen LogP contribution in [0, 0.1) is 33.5 Å². The Labute approximate surface area is 219 Å². The van der Waals surface area contributed by atoms with Gasteiger partial charge < -0.3 is 18.6 Å². The smallest absolute Gasteiger partial charge is 0.331 e. The number of hydrogen-bond acceptors (Lipinski definition) is 7.